The second-order valence-electron chi connectivity index (χ2n) is 5.22. The molecule has 2 rings (SSSR count). The first-order valence-electron chi connectivity index (χ1n) is 6.27. The largest absolute Gasteiger partial charge is 0.374 e. The standard InChI is InChI=1S/C14H21BrN2/c1-16-10-14(8-3-9-14)11-17(2)13-6-4-12(15)5-7-13/h4-7,16H,3,8-11H2,1-2H3. The van der Waals surface area contributed by atoms with E-state index in [1.807, 2.05) is 0 Å². The molecular weight excluding hydrogens is 276 g/mol. The van der Waals surface area contributed by atoms with Gasteiger partial charge in [0.05, 0.1) is 0 Å². The summed E-state index contributed by atoms with van der Waals surface area (Å²) in [5, 5.41) is 3.34. The number of nitrogens with zero attached hydrogens (tertiary/aromatic N) is 1. The third kappa shape index (κ3) is 3.02. The lowest BCUT2D eigenvalue weighted by molar-refractivity contribution is 0.143. The van der Waals surface area contributed by atoms with Crippen molar-refractivity contribution in [3.05, 3.63) is 28.7 Å². The summed E-state index contributed by atoms with van der Waals surface area (Å²) in [5.41, 5.74) is 1.80. The monoisotopic (exact) mass is 296 g/mol. The average molecular weight is 297 g/mol. The predicted octanol–water partition coefficient (Wildman–Crippen LogP) is 3.28. The van der Waals surface area contributed by atoms with Crippen LogP contribution in [0.4, 0.5) is 5.69 Å². The minimum absolute atomic E-state index is 0.497. The van der Waals surface area contributed by atoms with Crippen molar-refractivity contribution < 1.29 is 0 Å². The summed E-state index contributed by atoms with van der Waals surface area (Å²) in [6, 6.07) is 8.57. The molecule has 0 spiro atoms. The maximum Gasteiger partial charge on any atom is 0.0364 e. The number of rotatable bonds is 5. The Morgan fingerprint density at radius 2 is 1.94 bits per heavy atom. The third-order valence-electron chi connectivity index (χ3n) is 3.81. The highest BCUT2D eigenvalue weighted by molar-refractivity contribution is 9.10. The van der Waals surface area contributed by atoms with Crippen LogP contribution in [0, 0.1) is 5.41 Å². The Morgan fingerprint density at radius 1 is 1.29 bits per heavy atom. The highest BCUT2D eigenvalue weighted by atomic mass is 79.9. The quantitative estimate of drug-likeness (QED) is 0.897. The molecule has 0 amide bonds. The molecule has 1 aliphatic carbocycles. The van der Waals surface area contributed by atoms with E-state index in [0.29, 0.717) is 5.41 Å². The normalized spacial score (nSPS) is 17.6. The fourth-order valence-electron chi connectivity index (χ4n) is 2.73. The van der Waals surface area contributed by atoms with Crippen LogP contribution in [0.25, 0.3) is 0 Å². The minimum Gasteiger partial charge on any atom is -0.374 e. The van der Waals surface area contributed by atoms with Gasteiger partial charge in [-0.25, -0.2) is 0 Å². The Bertz CT molecular complexity index is 357. The molecule has 1 aromatic rings. The zero-order valence-corrected chi connectivity index (χ0v) is 12.3. The summed E-state index contributed by atoms with van der Waals surface area (Å²) in [7, 11) is 4.25. The van der Waals surface area contributed by atoms with E-state index in [1.54, 1.807) is 0 Å². The molecule has 1 N–H and O–H groups in total. The third-order valence-corrected chi connectivity index (χ3v) is 4.33. The fraction of sp³-hybridized carbons (Fsp3) is 0.571. The van der Waals surface area contributed by atoms with Crippen LogP contribution >= 0.6 is 15.9 Å². The van der Waals surface area contributed by atoms with E-state index in [0.717, 1.165) is 17.6 Å². The van der Waals surface area contributed by atoms with E-state index in [2.05, 4.69) is 64.5 Å². The molecule has 3 heteroatoms. The van der Waals surface area contributed by atoms with Gasteiger partial charge in [-0.3, -0.25) is 0 Å². The molecule has 0 unspecified atom stereocenters. The number of halogens is 1. The first kappa shape index (κ1) is 12.9. The predicted molar refractivity (Wildman–Crippen MR) is 77.6 cm³/mol. The number of hydrogen-bond acceptors (Lipinski definition) is 2. The van der Waals surface area contributed by atoms with Gasteiger partial charge in [0, 0.05) is 35.7 Å². The molecule has 0 radical (unpaired) electrons. The average Bonchev–Trinajstić information content (AvgIpc) is 2.27. The van der Waals surface area contributed by atoms with Gasteiger partial charge in [-0.1, -0.05) is 22.4 Å². The van der Waals surface area contributed by atoms with Crippen LogP contribution in [0.2, 0.25) is 0 Å². The van der Waals surface area contributed by atoms with Crippen LogP contribution in [0.3, 0.4) is 0 Å². The van der Waals surface area contributed by atoms with Crippen LogP contribution < -0.4 is 10.2 Å². The molecular formula is C14H21BrN2. The van der Waals surface area contributed by atoms with Crippen molar-refractivity contribution in [2.75, 3.05) is 32.1 Å². The zero-order chi connectivity index (χ0) is 12.3. The Kier molecular flexibility index (Phi) is 4.10. The van der Waals surface area contributed by atoms with E-state index in [1.165, 1.54) is 24.9 Å². The summed E-state index contributed by atoms with van der Waals surface area (Å²) in [5.74, 6) is 0. The van der Waals surface area contributed by atoms with Crippen molar-refractivity contribution in [3.63, 3.8) is 0 Å². The molecule has 2 nitrogen and oxygen atoms in total. The van der Waals surface area contributed by atoms with Gasteiger partial charge in [-0.05, 0) is 44.2 Å². The van der Waals surface area contributed by atoms with Gasteiger partial charge >= 0.3 is 0 Å². The molecule has 0 atom stereocenters. The molecule has 94 valence electrons. The Morgan fingerprint density at radius 3 is 2.41 bits per heavy atom. The van der Waals surface area contributed by atoms with Crippen LogP contribution in [-0.4, -0.2) is 27.2 Å². The molecule has 17 heavy (non-hydrogen) atoms. The second-order valence-corrected chi connectivity index (χ2v) is 6.13. The van der Waals surface area contributed by atoms with Crippen molar-refractivity contribution in [2.24, 2.45) is 5.41 Å². The van der Waals surface area contributed by atoms with Gasteiger partial charge in [0.1, 0.15) is 0 Å². The molecule has 0 heterocycles. The van der Waals surface area contributed by atoms with E-state index < -0.39 is 0 Å². The maximum absolute atomic E-state index is 3.48. The maximum atomic E-state index is 3.48. The highest BCUT2D eigenvalue weighted by Crippen LogP contribution is 2.41. The van der Waals surface area contributed by atoms with Crippen molar-refractivity contribution >= 4 is 21.6 Å². The van der Waals surface area contributed by atoms with Gasteiger partial charge in [0.25, 0.3) is 0 Å². The Labute approximate surface area is 113 Å². The van der Waals surface area contributed by atoms with E-state index in [9.17, 15) is 0 Å². The number of nitrogens with one attached hydrogen (secondary N) is 1. The topological polar surface area (TPSA) is 15.3 Å². The summed E-state index contributed by atoms with van der Waals surface area (Å²) < 4.78 is 1.14. The molecule has 0 aliphatic heterocycles. The lowest BCUT2D eigenvalue weighted by Crippen LogP contribution is -2.47. The lowest BCUT2D eigenvalue weighted by atomic mass is 9.68. The van der Waals surface area contributed by atoms with Crippen molar-refractivity contribution in [2.45, 2.75) is 19.3 Å². The first-order chi connectivity index (χ1) is 8.15. The van der Waals surface area contributed by atoms with Crippen molar-refractivity contribution in [1.29, 1.82) is 0 Å². The minimum atomic E-state index is 0.497. The summed E-state index contributed by atoms with van der Waals surface area (Å²) in [6.07, 6.45) is 4.10. The fourth-order valence-corrected chi connectivity index (χ4v) is 3.00. The van der Waals surface area contributed by atoms with E-state index >= 15 is 0 Å². The molecule has 1 fully saturated rings. The highest BCUT2D eigenvalue weighted by Gasteiger charge is 2.37. The van der Waals surface area contributed by atoms with Crippen molar-refractivity contribution in [3.8, 4) is 0 Å². The number of benzene rings is 1. The van der Waals surface area contributed by atoms with Crippen molar-refractivity contribution in [1.82, 2.24) is 5.32 Å². The molecule has 0 bridgehead atoms. The molecule has 0 aromatic heterocycles. The summed E-state index contributed by atoms with van der Waals surface area (Å²) >= 11 is 3.48. The van der Waals surface area contributed by atoms with Crippen LogP contribution in [0.15, 0.2) is 28.7 Å². The van der Waals surface area contributed by atoms with E-state index in [-0.39, 0.29) is 0 Å². The Hall–Kier alpha value is -0.540. The number of hydrogen-bond donors (Lipinski definition) is 1. The summed E-state index contributed by atoms with van der Waals surface area (Å²) in [6.45, 7) is 2.28. The molecule has 0 saturated heterocycles. The molecule has 1 aliphatic rings. The van der Waals surface area contributed by atoms with Gasteiger partial charge in [-0.15, -0.1) is 0 Å². The van der Waals surface area contributed by atoms with Crippen LogP contribution in [0.5, 0.6) is 0 Å². The first-order valence-corrected chi connectivity index (χ1v) is 7.06. The second kappa shape index (κ2) is 5.40. The summed E-state index contributed by atoms with van der Waals surface area (Å²) in [4.78, 5) is 2.38. The van der Waals surface area contributed by atoms with Gasteiger partial charge in [0.2, 0.25) is 0 Å². The lowest BCUT2D eigenvalue weighted by Gasteiger charge is -2.45. The smallest absolute Gasteiger partial charge is 0.0364 e. The molecule has 1 aromatic carbocycles. The number of anilines is 1. The van der Waals surface area contributed by atoms with Gasteiger partial charge in [0.15, 0.2) is 0 Å². The van der Waals surface area contributed by atoms with E-state index in [4.69, 9.17) is 0 Å². The zero-order valence-electron chi connectivity index (χ0n) is 10.7. The SMILES string of the molecule is CNCC1(CN(C)c2ccc(Br)cc2)CCC1. The van der Waals surface area contributed by atoms with Crippen LogP contribution in [-0.2, 0) is 0 Å². The molecule has 1 saturated carbocycles. The Balaban J connectivity index is 2.00. The van der Waals surface area contributed by atoms with Gasteiger partial charge in [-0.2, -0.15) is 0 Å². The van der Waals surface area contributed by atoms with Gasteiger partial charge < -0.3 is 10.2 Å². The van der Waals surface area contributed by atoms with Crippen LogP contribution in [0.1, 0.15) is 19.3 Å².